The molecular formula is C16H24Br2MgO2. The van der Waals surface area contributed by atoms with E-state index >= 15 is 0 Å². The fourth-order valence-electron chi connectivity index (χ4n) is 2.41. The van der Waals surface area contributed by atoms with Crippen LogP contribution >= 0.6 is 15.9 Å². The van der Waals surface area contributed by atoms with E-state index in [9.17, 15) is 5.11 Å². The minimum absolute atomic E-state index is 0. The normalized spacial score (nSPS) is 20.6. The predicted octanol–water partition coefficient (Wildman–Crippen LogP) is 1.20. The Bertz CT molecular complexity index is 429. The Balaban J connectivity index is 0.00000128. The predicted molar refractivity (Wildman–Crippen MR) is 88.7 cm³/mol. The quantitative estimate of drug-likeness (QED) is 0.728. The van der Waals surface area contributed by atoms with Crippen molar-refractivity contribution >= 4 is 37.6 Å². The summed E-state index contributed by atoms with van der Waals surface area (Å²) >= 11 is 5.42. The second-order valence-electron chi connectivity index (χ2n) is 5.93. The van der Waals surface area contributed by atoms with E-state index in [0.29, 0.717) is 5.92 Å². The van der Waals surface area contributed by atoms with Gasteiger partial charge >= 0.3 is 26.8 Å². The molecule has 0 aromatic heterocycles. The van der Waals surface area contributed by atoms with Crippen molar-refractivity contribution in [2.75, 3.05) is 0 Å². The molecule has 0 amide bonds. The molecule has 1 fully saturated rings. The third-order valence-corrected chi connectivity index (χ3v) is 5.06. The molecule has 21 heavy (non-hydrogen) atoms. The molecule has 1 aliphatic rings. The van der Waals surface area contributed by atoms with Gasteiger partial charge in [-0.2, -0.15) is 0 Å². The number of benzene rings is 1. The van der Waals surface area contributed by atoms with E-state index in [0.717, 1.165) is 23.1 Å². The van der Waals surface area contributed by atoms with E-state index in [1.165, 1.54) is 11.1 Å². The zero-order valence-corrected chi connectivity index (χ0v) is 18.1. The van der Waals surface area contributed by atoms with Gasteiger partial charge in [0.25, 0.3) is 0 Å². The first-order chi connectivity index (χ1) is 9.27. The number of aryl methyl sites for hydroxylation is 2. The van der Waals surface area contributed by atoms with Gasteiger partial charge in [0.2, 0.25) is 0 Å². The number of aliphatic hydroxyl groups is 1. The van der Waals surface area contributed by atoms with Crippen LogP contribution in [0, 0.1) is 19.8 Å². The van der Waals surface area contributed by atoms with Crippen LogP contribution in [0.5, 0.6) is 5.75 Å². The van der Waals surface area contributed by atoms with Gasteiger partial charge in [-0.25, -0.2) is 0 Å². The summed E-state index contributed by atoms with van der Waals surface area (Å²) < 4.78 is 7.11. The topological polar surface area (TPSA) is 29.5 Å². The van der Waals surface area contributed by atoms with Crippen molar-refractivity contribution in [1.82, 2.24) is 0 Å². The van der Waals surface area contributed by atoms with Crippen molar-refractivity contribution in [2.24, 2.45) is 5.92 Å². The van der Waals surface area contributed by atoms with Gasteiger partial charge in [-0.3, -0.25) is 0 Å². The van der Waals surface area contributed by atoms with Crippen molar-refractivity contribution < 1.29 is 26.8 Å². The van der Waals surface area contributed by atoms with Gasteiger partial charge in [-0.15, -0.1) is 0 Å². The number of hydrogen-bond acceptors (Lipinski definition) is 2. The summed E-state index contributed by atoms with van der Waals surface area (Å²) in [6.45, 7) is 7.90. The van der Waals surface area contributed by atoms with E-state index < -0.39 is 5.60 Å². The molecule has 1 N–H and O–H groups in total. The molecule has 1 aliphatic carbocycles. The third-order valence-electron chi connectivity index (χ3n) is 3.81. The molecule has 0 saturated heterocycles. The van der Waals surface area contributed by atoms with Crippen molar-refractivity contribution in [2.45, 2.75) is 57.3 Å². The second-order valence-corrected chi connectivity index (χ2v) is 6.73. The second kappa shape index (κ2) is 9.11. The van der Waals surface area contributed by atoms with E-state index in [2.05, 4.69) is 41.9 Å². The zero-order valence-electron chi connectivity index (χ0n) is 13.5. The molecule has 0 bridgehead atoms. The van der Waals surface area contributed by atoms with Gasteiger partial charge in [-0.1, -0.05) is 15.9 Å². The number of ether oxygens (including phenoxy) is 1. The summed E-state index contributed by atoms with van der Waals surface area (Å²) in [6, 6.07) is 4.13. The molecule has 116 valence electrons. The molecule has 0 aliphatic heterocycles. The Morgan fingerprint density at radius 1 is 1.19 bits per heavy atom. The van der Waals surface area contributed by atoms with E-state index in [4.69, 9.17) is 4.74 Å². The van der Waals surface area contributed by atoms with E-state index in [1.807, 2.05) is 40.6 Å². The average molecular weight is 432 g/mol. The third kappa shape index (κ3) is 6.02. The molecule has 0 spiro atoms. The molecule has 0 radical (unpaired) electrons. The Kier molecular flexibility index (Phi) is 9.42. The van der Waals surface area contributed by atoms with Crippen molar-refractivity contribution in [3.8, 4) is 5.75 Å². The number of halogens is 2. The van der Waals surface area contributed by atoms with Crippen LogP contribution in [0.1, 0.15) is 37.8 Å². The Morgan fingerprint density at radius 2 is 1.62 bits per heavy atom. The summed E-state index contributed by atoms with van der Waals surface area (Å²) in [5.41, 5.74) is 1.82. The Hall–Kier alpha value is 0.706. The molecular weight excluding hydrogens is 408 g/mol. The van der Waals surface area contributed by atoms with Crippen LogP contribution in [0.15, 0.2) is 16.6 Å². The molecule has 1 aromatic carbocycles. The Morgan fingerprint density at radius 3 is 2.00 bits per heavy atom. The average Bonchev–Trinajstić information content (AvgIpc) is 2.31. The van der Waals surface area contributed by atoms with Gasteiger partial charge in [-0.05, 0) is 69.7 Å². The van der Waals surface area contributed by atoms with Crippen LogP contribution in [0.4, 0.5) is 0 Å². The number of rotatable bonds is 3. The number of hydrogen-bond donors (Lipinski definition) is 1. The first kappa shape index (κ1) is 21.7. The van der Waals surface area contributed by atoms with Crippen LogP contribution in [0.2, 0.25) is 5.05 Å². The molecule has 1 aromatic rings. The molecule has 1 saturated carbocycles. The van der Waals surface area contributed by atoms with Crippen molar-refractivity contribution in [1.29, 1.82) is 0 Å². The van der Waals surface area contributed by atoms with Crippen LogP contribution < -0.4 is 21.7 Å². The van der Waals surface area contributed by atoms with Crippen LogP contribution in [0.3, 0.4) is 0 Å². The van der Waals surface area contributed by atoms with Gasteiger partial charge < -0.3 is 26.8 Å². The fraction of sp³-hybridized carbons (Fsp3) is 0.625. The molecule has 0 heterocycles. The van der Waals surface area contributed by atoms with Gasteiger partial charge in [0.05, 0.1) is 11.7 Å². The van der Waals surface area contributed by atoms with Gasteiger partial charge in [0.15, 0.2) is 0 Å². The molecule has 0 unspecified atom stereocenters. The molecule has 0 atom stereocenters. The summed E-state index contributed by atoms with van der Waals surface area (Å²) in [4.78, 5) is 0. The summed E-state index contributed by atoms with van der Waals surface area (Å²) in [6.07, 6.45) is 2.14. The maximum atomic E-state index is 9.88. The monoisotopic (exact) mass is 430 g/mol. The summed E-state index contributed by atoms with van der Waals surface area (Å²) in [5, 5.41) is 11.9. The SMILES string of the molecule is Cc1cc(OC2CC(C(C)(C)O)C2)cc(C)c1Br.[Br-].[CH3][Mg+]. The Labute approximate surface area is 160 Å². The van der Waals surface area contributed by atoms with E-state index in [1.54, 1.807) is 0 Å². The van der Waals surface area contributed by atoms with E-state index in [-0.39, 0.29) is 23.1 Å². The van der Waals surface area contributed by atoms with Crippen LogP contribution in [-0.2, 0) is 0 Å². The first-order valence-electron chi connectivity index (χ1n) is 7.14. The molecule has 2 nitrogen and oxygen atoms in total. The molecule has 2 rings (SSSR count). The summed E-state index contributed by atoms with van der Waals surface area (Å²) in [7, 11) is 0. The minimum atomic E-state index is -0.578. The zero-order chi connectivity index (χ0) is 15.5. The molecule has 5 heteroatoms. The van der Waals surface area contributed by atoms with Crippen LogP contribution in [-0.4, -0.2) is 38.5 Å². The fourth-order valence-corrected chi connectivity index (χ4v) is 2.63. The standard InChI is InChI=1S/C15H21BrO2.CH3.BrH.Mg/c1-9-5-12(6-10(2)14(9)16)18-13-7-11(8-13)15(3,4)17;;;/h5-6,11,13,17H,7-8H2,1-4H3;1H3;1H;/q;;;+1/p-1. The van der Waals surface area contributed by atoms with Gasteiger partial charge in [0, 0.05) is 4.47 Å². The summed E-state index contributed by atoms with van der Waals surface area (Å²) in [5.74, 6) is 1.30. The van der Waals surface area contributed by atoms with Crippen molar-refractivity contribution in [3.63, 3.8) is 0 Å². The van der Waals surface area contributed by atoms with Crippen molar-refractivity contribution in [3.05, 3.63) is 27.7 Å². The first-order valence-corrected chi connectivity index (χ1v) is 9.34. The maximum absolute atomic E-state index is 9.88. The van der Waals surface area contributed by atoms with Gasteiger partial charge in [0.1, 0.15) is 5.75 Å². The van der Waals surface area contributed by atoms with Crippen LogP contribution in [0.25, 0.3) is 0 Å².